The second-order valence-electron chi connectivity index (χ2n) is 2.36. The fourth-order valence-corrected chi connectivity index (χ4v) is 0.975. The Morgan fingerprint density at radius 2 is 2.33 bits per heavy atom. The molecule has 12 heavy (non-hydrogen) atoms. The summed E-state index contributed by atoms with van der Waals surface area (Å²) in [5, 5.41) is 4.86. The first-order chi connectivity index (χ1) is 5.50. The van der Waals surface area contributed by atoms with E-state index in [1.807, 2.05) is 0 Å². The third-order valence-electron chi connectivity index (χ3n) is 1.36. The Morgan fingerprint density at radius 3 is 2.75 bits per heavy atom. The van der Waals surface area contributed by atoms with Gasteiger partial charge in [0.05, 0.1) is 13.0 Å². The van der Waals surface area contributed by atoms with E-state index in [1.54, 1.807) is 17.0 Å². The van der Waals surface area contributed by atoms with Crippen LogP contribution in [0.4, 0.5) is 0 Å². The molecule has 0 aliphatic heterocycles. The summed E-state index contributed by atoms with van der Waals surface area (Å²) in [6, 6.07) is 0. The van der Waals surface area contributed by atoms with Gasteiger partial charge in [-0.1, -0.05) is 0 Å². The van der Waals surface area contributed by atoms with Crippen molar-refractivity contribution >= 4 is 10.2 Å². The summed E-state index contributed by atoms with van der Waals surface area (Å²) in [5.41, 5.74) is 0. The summed E-state index contributed by atoms with van der Waals surface area (Å²) >= 11 is 0. The van der Waals surface area contributed by atoms with Gasteiger partial charge in [0.2, 0.25) is 0 Å². The lowest BCUT2D eigenvalue weighted by Gasteiger charge is -2.13. The fraction of sp³-hybridized carbons (Fsp3) is 0.400. The Bertz CT molecular complexity index is 330. The molecule has 0 bridgehead atoms. The molecule has 1 rings (SSSR count). The largest absolute Gasteiger partial charge is 0.323 e. The molecule has 0 aliphatic rings. The van der Waals surface area contributed by atoms with Crippen LogP contribution in [-0.2, 0) is 16.9 Å². The zero-order valence-corrected chi connectivity index (χ0v) is 7.40. The molecule has 1 aromatic rings. The van der Waals surface area contributed by atoms with Crippen LogP contribution in [0.15, 0.2) is 18.7 Å². The van der Waals surface area contributed by atoms with Crippen molar-refractivity contribution in [2.24, 2.45) is 5.14 Å². The van der Waals surface area contributed by atoms with Crippen molar-refractivity contribution in [3.05, 3.63) is 18.7 Å². The molecule has 0 atom stereocenters. The Morgan fingerprint density at radius 1 is 1.67 bits per heavy atom. The summed E-state index contributed by atoms with van der Waals surface area (Å²) in [4.78, 5) is 3.76. The monoisotopic (exact) mass is 190 g/mol. The van der Waals surface area contributed by atoms with Crippen LogP contribution >= 0.6 is 0 Å². The number of imidazole rings is 1. The number of hydrogen-bond donors (Lipinski definition) is 1. The lowest BCUT2D eigenvalue weighted by atomic mass is 10.9. The van der Waals surface area contributed by atoms with E-state index >= 15 is 0 Å². The smallest absolute Gasteiger partial charge is 0.278 e. The normalized spacial score (nSPS) is 12.2. The van der Waals surface area contributed by atoms with Crippen molar-refractivity contribution in [2.45, 2.75) is 6.67 Å². The molecule has 0 aromatic carbocycles. The lowest BCUT2D eigenvalue weighted by molar-refractivity contribution is 0.399. The molecule has 2 N–H and O–H groups in total. The first kappa shape index (κ1) is 9.17. The van der Waals surface area contributed by atoms with Gasteiger partial charge in [0.25, 0.3) is 10.2 Å². The molecule has 0 amide bonds. The lowest BCUT2D eigenvalue weighted by Crippen LogP contribution is -2.34. The van der Waals surface area contributed by atoms with E-state index < -0.39 is 10.2 Å². The van der Waals surface area contributed by atoms with Crippen LogP contribution < -0.4 is 5.14 Å². The van der Waals surface area contributed by atoms with E-state index in [0.717, 1.165) is 4.31 Å². The molecule has 0 aliphatic carbocycles. The molecule has 0 saturated heterocycles. The van der Waals surface area contributed by atoms with Crippen molar-refractivity contribution in [3.63, 3.8) is 0 Å². The SMILES string of the molecule is CN(Cn1ccnc1)S(N)(=O)=O. The summed E-state index contributed by atoms with van der Waals surface area (Å²) < 4.78 is 24.1. The molecule has 0 unspecified atom stereocenters. The highest BCUT2D eigenvalue weighted by atomic mass is 32.2. The number of rotatable bonds is 3. The van der Waals surface area contributed by atoms with Gasteiger partial charge in [-0.2, -0.15) is 12.7 Å². The van der Waals surface area contributed by atoms with Crippen LogP contribution in [0.1, 0.15) is 0 Å². The summed E-state index contributed by atoms with van der Waals surface area (Å²) in [7, 11) is -2.20. The molecule has 1 heterocycles. The zero-order valence-electron chi connectivity index (χ0n) is 6.58. The average Bonchev–Trinajstić information content (AvgIpc) is 2.37. The van der Waals surface area contributed by atoms with Gasteiger partial charge < -0.3 is 4.57 Å². The van der Waals surface area contributed by atoms with E-state index in [2.05, 4.69) is 4.98 Å². The maximum Gasteiger partial charge on any atom is 0.278 e. The third-order valence-corrected chi connectivity index (χ3v) is 2.34. The van der Waals surface area contributed by atoms with E-state index in [0.29, 0.717) is 0 Å². The van der Waals surface area contributed by atoms with Gasteiger partial charge >= 0.3 is 0 Å². The Kier molecular flexibility index (Phi) is 2.46. The highest BCUT2D eigenvalue weighted by Gasteiger charge is 2.10. The van der Waals surface area contributed by atoms with E-state index in [1.165, 1.54) is 13.4 Å². The van der Waals surface area contributed by atoms with Crippen LogP contribution in [0.2, 0.25) is 0 Å². The maximum atomic E-state index is 10.7. The number of nitrogens with zero attached hydrogens (tertiary/aromatic N) is 3. The molecule has 68 valence electrons. The molecule has 1 aromatic heterocycles. The first-order valence-corrected chi connectivity index (χ1v) is 4.70. The van der Waals surface area contributed by atoms with Gasteiger partial charge in [0.15, 0.2) is 0 Å². The van der Waals surface area contributed by atoms with Crippen molar-refractivity contribution in [2.75, 3.05) is 7.05 Å². The van der Waals surface area contributed by atoms with Gasteiger partial charge in [-0.15, -0.1) is 0 Å². The first-order valence-electron chi connectivity index (χ1n) is 3.20. The maximum absolute atomic E-state index is 10.7. The minimum atomic E-state index is -3.59. The summed E-state index contributed by atoms with van der Waals surface area (Å²) in [6.07, 6.45) is 4.74. The van der Waals surface area contributed by atoms with E-state index in [9.17, 15) is 8.42 Å². The second-order valence-corrected chi connectivity index (χ2v) is 4.01. The van der Waals surface area contributed by atoms with Gasteiger partial charge in [-0.3, -0.25) is 0 Å². The topological polar surface area (TPSA) is 81.2 Å². The Hall–Kier alpha value is -0.920. The highest BCUT2D eigenvalue weighted by Crippen LogP contribution is 1.93. The quantitative estimate of drug-likeness (QED) is 0.662. The number of aromatic nitrogens is 2. The van der Waals surface area contributed by atoms with Gasteiger partial charge in [0, 0.05) is 19.4 Å². The Labute approximate surface area is 70.8 Å². The van der Waals surface area contributed by atoms with Crippen molar-refractivity contribution < 1.29 is 8.42 Å². The summed E-state index contributed by atoms with van der Waals surface area (Å²) in [5.74, 6) is 0. The number of hydrogen-bond acceptors (Lipinski definition) is 3. The molecule has 7 heteroatoms. The van der Waals surface area contributed by atoms with E-state index in [-0.39, 0.29) is 6.67 Å². The van der Waals surface area contributed by atoms with Crippen molar-refractivity contribution in [1.82, 2.24) is 13.9 Å². The van der Waals surface area contributed by atoms with Gasteiger partial charge in [-0.05, 0) is 0 Å². The standard InChI is InChI=1S/C5H10N4O2S/c1-8(12(6,10)11)5-9-3-2-7-4-9/h2-4H,5H2,1H3,(H2,6,10,11). The molecular weight excluding hydrogens is 180 g/mol. The second kappa shape index (κ2) is 3.21. The molecule has 0 spiro atoms. The van der Waals surface area contributed by atoms with Crippen molar-refractivity contribution in [3.8, 4) is 0 Å². The van der Waals surface area contributed by atoms with Crippen LogP contribution in [0, 0.1) is 0 Å². The molecule has 0 fully saturated rings. The fourth-order valence-electron chi connectivity index (χ4n) is 0.681. The molecular formula is C5H10N4O2S. The average molecular weight is 190 g/mol. The molecule has 0 saturated carbocycles. The Balaban J connectivity index is 2.66. The van der Waals surface area contributed by atoms with Gasteiger partial charge in [0.1, 0.15) is 0 Å². The molecule has 0 radical (unpaired) electrons. The predicted octanol–water partition coefficient (Wildman–Crippen LogP) is -1.02. The minimum absolute atomic E-state index is 0.179. The predicted molar refractivity (Wildman–Crippen MR) is 43.1 cm³/mol. The molecule has 6 nitrogen and oxygen atoms in total. The summed E-state index contributed by atoms with van der Waals surface area (Å²) in [6.45, 7) is 0.179. The third kappa shape index (κ3) is 2.29. The zero-order chi connectivity index (χ0) is 9.19. The van der Waals surface area contributed by atoms with Crippen molar-refractivity contribution in [1.29, 1.82) is 0 Å². The van der Waals surface area contributed by atoms with Crippen LogP contribution in [0.3, 0.4) is 0 Å². The van der Waals surface area contributed by atoms with E-state index in [4.69, 9.17) is 5.14 Å². The number of nitrogens with two attached hydrogens (primary N) is 1. The minimum Gasteiger partial charge on any atom is -0.323 e. The van der Waals surface area contributed by atoms with Crippen LogP contribution in [-0.4, -0.2) is 29.3 Å². The van der Waals surface area contributed by atoms with Crippen LogP contribution in [0.25, 0.3) is 0 Å². The highest BCUT2D eigenvalue weighted by molar-refractivity contribution is 7.86. The van der Waals surface area contributed by atoms with Crippen LogP contribution in [0.5, 0.6) is 0 Å². The van der Waals surface area contributed by atoms with Gasteiger partial charge in [-0.25, -0.2) is 10.1 Å².